The summed E-state index contributed by atoms with van der Waals surface area (Å²) in [5.74, 6) is -1.09. The van der Waals surface area contributed by atoms with E-state index in [1.807, 2.05) is 19.1 Å². The Morgan fingerprint density at radius 2 is 1.84 bits per heavy atom. The Kier molecular flexibility index (Phi) is 5.37. The quantitative estimate of drug-likeness (QED) is 0.443. The van der Waals surface area contributed by atoms with Crippen LogP contribution >= 0.6 is 11.6 Å². The Balaban J connectivity index is 1.94. The van der Waals surface area contributed by atoms with Crippen molar-refractivity contribution in [1.82, 2.24) is 4.57 Å². The lowest BCUT2D eigenvalue weighted by molar-refractivity contribution is 0.101. The molecular weight excluding hydrogens is 428 g/mol. The van der Waals surface area contributed by atoms with Crippen molar-refractivity contribution in [2.45, 2.75) is 27.3 Å². The molecule has 0 amide bonds. The van der Waals surface area contributed by atoms with Crippen molar-refractivity contribution in [2.75, 3.05) is 0 Å². The van der Waals surface area contributed by atoms with Crippen LogP contribution in [0.4, 0.5) is 0 Å². The number of aromatic nitrogens is 1. The van der Waals surface area contributed by atoms with Gasteiger partial charge < -0.3 is 9.52 Å². The van der Waals surface area contributed by atoms with Crippen LogP contribution in [0.15, 0.2) is 51.7 Å². The number of carbonyl (C=O) groups excluding carboxylic acids is 1. The molecule has 0 saturated carbocycles. The number of hydrogen-bond acceptors (Lipinski definition) is 5. The number of aryl methyl sites for hydroxylation is 2. The molecule has 0 fully saturated rings. The SMILES string of the molecule is Cc1cc2oc(C(=O)c3c(C)c(C#N)c(=O)n(Cc4ccccc4)c3O)c(C)c2cc1Cl. The van der Waals surface area contributed by atoms with E-state index in [0.717, 1.165) is 15.7 Å². The number of nitriles is 1. The predicted molar refractivity (Wildman–Crippen MR) is 121 cm³/mol. The summed E-state index contributed by atoms with van der Waals surface area (Å²) >= 11 is 6.23. The standard InChI is InChI=1S/C25H19ClN2O4/c1-13-9-20-17(10-19(13)26)15(3)23(32-20)22(29)21-14(2)18(11-27)24(30)28(25(21)31)12-16-7-5-4-6-8-16/h4-10,31H,12H2,1-3H3. The minimum atomic E-state index is -0.661. The Hall–Kier alpha value is -3.82. The minimum Gasteiger partial charge on any atom is -0.494 e. The zero-order valence-corrected chi connectivity index (χ0v) is 18.4. The predicted octanol–water partition coefficient (Wildman–Crippen LogP) is 5.03. The first-order chi connectivity index (χ1) is 15.2. The molecule has 0 atom stereocenters. The number of rotatable bonds is 4. The monoisotopic (exact) mass is 446 g/mol. The van der Waals surface area contributed by atoms with Crippen molar-refractivity contribution < 1.29 is 14.3 Å². The fourth-order valence-electron chi connectivity index (χ4n) is 3.81. The molecule has 4 rings (SSSR count). The Bertz CT molecular complexity index is 1490. The summed E-state index contributed by atoms with van der Waals surface area (Å²) in [7, 11) is 0. The maximum absolute atomic E-state index is 13.5. The van der Waals surface area contributed by atoms with Gasteiger partial charge in [-0.25, -0.2) is 0 Å². The lowest BCUT2D eigenvalue weighted by Crippen LogP contribution is -2.27. The molecule has 0 unspecified atom stereocenters. The van der Waals surface area contributed by atoms with Gasteiger partial charge in [0.2, 0.25) is 11.7 Å². The summed E-state index contributed by atoms with van der Waals surface area (Å²) in [5.41, 5.74) is 1.70. The molecule has 1 N–H and O–H groups in total. The van der Waals surface area contributed by atoms with E-state index in [9.17, 15) is 20.0 Å². The smallest absolute Gasteiger partial charge is 0.271 e. The van der Waals surface area contributed by atoms with Gasteiger partial charge in [0.1, 0.15) is 17.2 Å². The van der Waals surface area contributed by atoms with Gasteiger partial charge in [0.25, 0.3) is 5.56 Å². The first-order valence-electron chi connectivity index (χ1n) is 9.89. The van der Waals surface area contributed by atoms with E-state index in [4.69, 9.17) is 16.0 Å². The van der Waals surface area contributed by atoms with Gasteiger partial charge in [-0.15, -0.1) is 0 Å². The molecule has 2 aromatic heterocycles. The van der Waals surface area contributed by atoms with E-state index in [-0.39, 0.29) is 29.0 Å². The number of carbonyl (C=O) groups is 1. The summed E-state index contributed by atoms with van der Waals surface area (Å²) in [6, 6.07) is 14.3. The number of benzene rings is 2. The number of fused-ring (bicyclic) bond motifs is 1. The summed E-state index contributed by atoms with van der Waals surface area (Å²) < 4.78 is 6.87. The highest BCUT2D eigenvalue weighted by Crippen LogP contribution is 2.33. The average Bonchev–Trinajstić information content (AvgIpc) is 3.08. The maximum atomic E-state index is 13.5. The van der Waals surface area contributed by atoms with Crippen molar-refractivity contribution in [1.29, 1.82) is 5.26 Å². The molecule has 2 aromatic carbocycles. The van der Waals surface area contributed by atoms with Gasteiger partial charge in [0.05, 0.1) is 12.1 Å². The highest BCUT2D eigenvalue weighted by Gasteiger charge is 2.29. The molecule has 0 spiro atoms. The van der Waals surface area contributed by atoms with Gasteiger partial charge in [-0.3, -0.25) is 14.2 Å². The van der Waals surface area contributed by atoms with Crippen LogP contribution in [0.1, 0.15) is 43.9 Å². The number of ketones is 1. The number of aromatic hydroxyl groups is 1. The normalized spacial score (nSPS) is 11.0. The summed E-state index contributed by atoms with van der Waals surface area (Å²) in [5, 5.41) is 21.8. The third-order valence-corrected chi connectivity index (χ3v) is 6.04. The molecule has 0 aliphatic rings. The van der Waals surface area contributed by atoms with Crippen LogP contribution in [-0.2, 0) is 6.54 Å². The molecule has 0 aliphatic carbocycles. The van der Waals surface area contributed by atoms with Crippen LogP contribution in [0.25, 0.3) is 11.0 Å². The van der Waals surface area contributed by atoms with Crippen LogP contribution in [0, 0.1) is 32.1 Å². The summed E-state index contributed by atoms with van der Waals surface area (Å²) in [4.78, 5) is 26.4. The number of furan rings is 1. The van der Waals surface area contributed by atoms with E-state index in [1.54, 1.807) is 43.3 Å². The topological polar surface area (TPSA) is 96.2 Å². The summed E-state index contributed by atoms with van der Waals surface area (Å²) in [6.45, 7) is 5.03. The Morgan fingerprint density at radius 1 is 1.16 bits per heavy atom. The Labute approximate surface area is 188 Å². The van der Waals surface area contributed by atoms with Gasteiger partial charge in [-0.1, -0.05) is 41.9 Å². The first-order valence-corrected chi connectivity index (χ1v) is 10.3. The summed E-state index contributed by atoms with van der Waals surface area (Å²) in [6.07, 6.45) is 0. The second-order valence-corrected chi connectivity index (χ2v) is 8.08. The van der Waals surface area contributed by atoms with Gasteiger partial charge in [-0.05, 0) is 49.6 Å². The zero-order valence-electron chi connectivity index (χ0n) is 17.7. The van der Waals surface area contributed by atoms with Crippen LogP contribution in [0.5, 0.6) is 5.88 Å². The first kappa shape index (κ1) is 21.4. The molecule has 0 radical (unpaired) electrons. The van der Waals surface area contributed by atoms with Crippen molar-refractivity contribution in [3.8, 4) is 11.9 Å². The molecule has 32 heavy (non-hydrogen) atoms. The molecule has 4 aromatic rings. The molecule has 2 heterocycles. The van der Waals surface area contributed by atoms with Crippen LogP contribution in [0.2, 0.25) is 5.02 Å². The highest BCUT2D eigenvalue weighted by atomic mass is 35.5. The van der Waals surface area contributed by atoms with Gasteiger partial charge in [-0.2, -0.15) is 5.26 Å². The van der Waals surface area contributed by atoms with E-state index < -0.39 is 17.2 Å². The minimum absolute atomic E-state index is 0.00859. The number of pyridine rings is 1. The second-order valence-electron chi connectivity index (χ2n) is 7.67. The maximum Gasteiger partial charge on any atom is 0.271 e. The van der Waals surface area contributed by atoms with Crippen LogP contribution in [0.3, 0.4) is 0 Å². The van der Waals surface area contributed by atoms with Crippen molar-refractivity contribution in [2.24, 2.45) is 0 Å². The number of hydrogen-bond donors (Lipinski definition) is 1. The zero-order chi connectivity index (χ0) is 23.2. The lowest BCUT2D eigenvalue weighted by atomic mass is 9.98. The Morgan fingerprint density at radius 3 is 2.50 bits per heavy atom. The van der Waals surface area contributed by atoms with Gasteiger partial charge >= 0.3 is 0 Å². The van der Waals surface area contributed by atoms with Crippen LogP contribution < -0.4 is 5.56 Å². The molecule has 7 heteroatoms. The van der Waals surface area contributed by atoms with Crippen LogP contribution in [-0.4, -0.2) is 15.5 Å². The highest BCUT2D eigenvalue weighted by molar-refractivity contribution is 6.32. The molecular formula is C25H19ClN2O4. The molecule has 0 aliphatic heterocycles. The molecule has 6 nitrogen and oxygen atoms in total. The van der Waals surface area contributed by atoms with Crippen molar-refractivity contribution in [3.63, 3.8) is 0 Å². The van der Waals surface area contributed by atoms with Gasteiger partial charge in [0.15, 0.2) is 5.76 Å². The molecule has 0 saturated heterocycles. The van der Waals surface area contributed by atoms with Gasteiger partial charge in [0, 0.05) is 16.0 Å². The third-order valence-electron chi connectivity index (χ3n) is 5.63. The van der Waals surface area contributed by atoms with E-state index in [2.05, 4.69) is 0 Å². The largest absolute Gasteiger partial charge is 0.494 e. The third kappa shape index (κ3) is 3.37. The van der Waals surface area contributed by atoms with Crippen molar-refractivity contribution >= 4 is 28.4 Å². The lowest BCUT2D eigenvalue weighted by Gasteiger charge is -2.15. The number of halogens is 1. The number of nitrogens with zero attached hydrogens (tertiary/aromatic N) is 2. The fraction of sp³-hybridized carbons (Fsp3) is 0.160. The molecule has 0 bridgehead atoms. The second kappa shape index (κ2) is 8.03. The van der Waals surface area contributed by atoms with E-state index in [1.165, 1.54) is 6.92 Å². The molecule has 160 valence electrons. The van der Waals surface area contributed by atoms with E-state index >= 15 is 0 Å². The van der Waals surface area contributed by atoms with E-state index in [0.29, 0.717) is 21.6 Å². The van der Waals surface area contributed by atoms with Crippen molar-refractivity contribution in [3.05, 3.63) is 97.0 Å². The fourth-order valence-corrected chi connectivity index (χ4v) is 3.97. The average molecular weight is 447 g/mol.